The fourth-order valence-electron chi connectivity index (χ4n) is 2.11. The summed E-state index contributed by atoms with van der Waals surface area (Å²) in [5, 5.41) is 8.77. The molecule has 120 valence electrons. The second-order valence-electron chi connectivity index (χ2n) is 4.95. The Morgan fingerprint density at radius 2 is 1.96 bits per heavy atom. The van der Waals surface area contributed by atoms with Crippen LogP contribution in [0.4, 0.5) is 0 Å². The number of pyridine rings is 1. The van der Waals surface area contributed by atoms with Crippen molar-refractivity contribution in [2.24, 2.45) is 5.10 Å². The quantitative estimate of drug-likeness (QED) is 0.586. The molecular weight excluding hydrogens is 326 g/mol. The molecule has 0 aliphatic heterocycles. The molecule has 1 N–H and O–H groups in total. The molecule has 24 heavy (non-hydrogen) atoms. The minimum absolute atomic E-state index is 0.289. The molecule has 2 heterocycles. The fraction of sp³-hybridized carbons (Fsp3) is 0.0588. The maximum Gasteiger partial charge on any atom is 0.289 e. The first kappa shape index (κ1) is 15.9. The summed E-state index contributed by atoms with van der Waals surface area (Å²) in [4.78, 5) is 15.8. The topological polar surface area (TPSA) is 72.2 Å². The molecule has 0 radical (unpaired) electrons. The van der Waals surface area contributed by atoms with Crippen molar-refractivity contribution in [1.29, 1.82) is 0 Å². The standard InChI is InChI=1S/C17H14ClN5O/c1-12-14(11-20-21-17(24)15-9-5-6-10-19-15)16(18)23(22-12)13-7-3-2-4-8-13/h2-11H,1H3,(H,21,24)/b20-11-. The van der Waals surface area contributed by atoms with Crippen LogP contribution in [0, 0.1) is 6.92 Å². The number of halogens is 1. The van der Waals surface area contributed by atoms with Crippen molar-refractivity contribution in [2.75, 3.05) is 0 Å². The molecule has 0 unspecified atom stereocenters. The number of para-hydroxylation sites is 1. The van der Waals surface area contributed by atoms with Crippen LogP contribution in [0.5, 0.6) is 0 Å². The molecule has 0 bridgehead atoms. The van der Waals surface area contributed by atoms with Crippen LogP contribution in [0.15, 0.2) is 59.8 Å². The summed E-state index contributed by atoms with van der Waals surface area (Å²) in [6.45, 7) is 1.83. The van der Waals surface area contributed by atoms with Crippen LogP contribution in [-0.4, -0.2) is 26.9 Å². The Hall–Kier alpha value is -2.99. The number of hydrazone groups is 1. The Kier molecular flexibility index (Phi) is 4.67. The summed E-state index contributed by atoms with van der Waals surface area (Å²) in [6, 6.07) is 14.6. The lowest BCUT2D eigenvalue weighted by molar-refractivity contribution is 0.0950. The second-order valence-corrected chi connectivity index (χ2v) is 5.31. The zero-order valence-electron chi connectivity index (χ0n) is 12.8. The number of nitrogens with zero attached hydrogens (tertiary/aromatic N) is 4. The third kappa shape index (κ3) is 3.33. The average molecular weight is 340 g/mol. The van der Waals surface area contributed by atoms with E-state index in [2.05, 4.69) is 20.6 Å². The van der Waals surface area contributed by atoms with Gasteiger partial charge in [0.1, 0.15) is 10.8 Å². The first-order valence-corrected chi connectivity index (χ1v) is 7.59. The van der Waals surface area contributed by atoms with Crippen LogP contribution < -0.4 is 5.43 Å². The lowest BCUT2D eigenvalue weighted by Gasteiger charge is -2.02. The van der Waals surface area contributed by atoms with E-state index in [1.54, 1.807) is 29.1 Å². The Bertz CT molecular complexity index is 875. The van der Waals surface area contributed by atoms with Gasteiger partial charge in [0.15, 0.2) is 0 Å². The van der Waals surface area contributed by atoms with E-state index in [1.807, 2.05) is 37.3 Å². The van der Waals surface area contributed by atoms with Crippen LogP contribution in [0.1, 0.15) is 21.7 Å². The summed E-state index contributed by atoms with van der Waals surface area (Å²) in [6.07, 6.45) is 3.02. The highest BCUT2D eigenvalue weighted by molar-refractivity contribution is 6.32. The summed E-state index contributed by atoms with van der Waals surface area (Å²) >= 11 is 6.38. The van der Waals surface area contributed by atoms with Crippen LogP contribution in [0.25, 0.3) is 5.69 Å². The van der Waals surface area contributed by atoms with Crippen molar-refractivity contribution in [3.8, 4) is 5.69 Å². The first-order valence-electron chi connectivity index (χ1n) is 7.22. The molecule has 0 saturated carbocycles. The number of aromatic nitrogens is 3. The summed E-state index contributed by atoms with van der Waals surface area (Å²) < 4.78 is 1.62. The Morgan fingerprint density at radius 1 is 1.21 bits per heavy atom. The molecule has 6 nitrogen and oxygen atoms in total. The normalized spacial score (nSPS) is 10.9. The molecule has 3 aromatic rings. The van der Waals surface area contributed by atoms with E-state index < -0.39 is 5.91 Å². The molecule has 0 atom stereocenters. The monoisotopic (exact) mass is 339 g/mol. The highest BCUT2D eigenvalue weighted by Crippen LogP contribution is 2.21. The molecule has 1 aromatic carbocycles. The van der Waals surface area contributed by atoms with Gasteiger partial charge in [-0.2, -0.15) is 10.2 Å². The van der Waals surface area contributed by atoms with Gasteiger partial charge < -0.3 is 0 Å². The largest absolute Gasteiger partial charge is 0.289 e. The molecule has 3 rings (SSSR count). The third-order valence-electron chi connectivity index (χ3n) is 3.31. The molecule has 1 amide bonds. The summed E-state index contributed by atoms with van der Waals surface area (Å²) in [5.74, 6) is -0.393. The van der Waals surface area contributed by atoms with Crippen LogP contribution >= 0.6 is 11.6 Å². The van der Waals surface area contributed by atoms with Gasteiger partial charge >= 0.3 is 0 Å². The van der Waals surface area contributed by atoms with Gasteiger partial charge in [0, 0.05) is 6.20 Å². The van der Waals surface area contributed by atoms with E-state index >= 15 is 0 Å². The molecule has 0 saturated heterocycles. The van der Waals surface area contributed by atoms with Gasteiger partial charge in [-0.1, -0.05) is 35.9 Å². The fourth-order valence-corrected chi connectivity index (χ4v) is 2.43. The van der Waals surface area contributed by atoms with E-state index in [4.69, 9.17) is 11.6 Å². The average Bonchev–Trinajstić information content (AvgIpc) is 2.91. The predicted molar refractivity (Wildman–Crippen MR) is 92.6 cm³/mol. The van der Waals surface area contributed by atoms with Gasteiger partial charge in [0.25, 0.3) is 5.91 Å². The number of aryl methyl sites for hydroxylation is 1. The SMILES string of the molecule is Cc1nn(-c2ccccc2)c(Cl)c1/C=N\NC(=O)c1ccccn1. The molecule has 0 aliphatic carbocycles. The highest BCUT2D eigenvalue weighted by Gasteiger charge is 2.13. The molecular formula is C17H14ClN5O. The third-order valence-corrected chi connectivity index (χ3v) is 3.67. The number of hydrogen-bond donors (Lipinski definition) is 1. The van der Waals surface area contributed by atoms with Gasteiger partial charge in [-0.05, 0) is 31.2 Å². The van der Waals surface area contributed by atoms with Gasteiger partial charge in [0.05, 0.1) is 23.2 Å². The maximum atomic E-state index is 11.9. The van der Waals surface area contributed by atoms with E-state index in [0.29, 0.717) is 16.4 Å². The van der Waals surface area contributed by atoms with Crippen molar-refractivity contribution >= 4 is 23.7 Å². The number of rotatable bonds is 4. The van der Waals surface area contributed by atoms with Crippen molar-refractivity contribution in [3.63, 3.8) is 0 Å². The summed E-state index contributed by atoms with van der Waals surface area (Å²) in [7, 11) is 0. The second kappa shape index (κ2) is 7.06. The number of carbonyl (C=O) groups excluding carboxylic acids is 1. The van der Waals surface area contributed by atoms with E-state index in [9.17, 15) is 4.79 Å². The van der Waals surface area contributed by atoms with Crippen LogP contribution in [-0.2, 0) is 0 Å². The van der Waals surface area contributed by atoms with Gasteiger partial charge in [0.2, 0.25) is 0 Å². The number of nitrogens with one attached hydrogen (secondary N) is 1. The van der Waals surface area contributed by atoms with Gasteiger partial charge in [-0.3, -0.25) is 9.78 Å². The molecule has 0 aliphatic rings. The summed E-state index contributed by atoms with van der Waals surface area (Å²) in [5.41, 5.74) is 4.91. The zero-order valence-corrected chi connectivity index (χ0v) is 13.6. The van der Waals surface area contributed by atoms with E-state index in [0.717, 1.165) is 5.69 Å². The number of hydrogen-bond acceptors (Lipinski definition) is 4. The minimum atomic E-state index is -0.393. The van der Waals surface area contributed by atoms with E-state index in [1.165, 1.54) is 6.21 Å². The maximum absolute atomic E-state index is 11.9. The van der Waals surface area contributed by atoms with Gasteiger partial charge in [-0.25, -0.2) is 10.1 Å². The number of amides is 1. The Morgan fingerprint density at radius 3 is 2.67 bits per heavy atom. The molecule has 7 heteroatoms. The van der Waals surface area contributed by atoms with Crippen LogP contribution in [0.3, 0.4) is 0 Å². The van der Waals surface area contributed by atoms with Crippen LogP contribution in [0.2, 0.25) is 5.15 Å². The predicted octanol–water partition coefficient (Wildman–Crippen LogP) is 2.99. The molecule has 2 aromatic heterocycles. The van der Waals surface area contributed by atoms with Gasteiger partial charge in [-0.15, -0.1) is 0 Å². The number of benzene rings is 1. The Balaban J connectivity index is 1.78. The smallest absolute Gasteiger partial charge is 0.266 e. The van der Waals surface area contributed by atoms with Crippen molar-refractivity contribution in [3.05, 3.63) is 76.8 Å². The van der Waals surface area contributed by atoms with Crippen molar-refractivity contribution in [2.45, 2.75) is 6.92 Å². The Labute approximate surface area is 143 Å². The molecule has 0 fully saturated rings. The number of carbonyl (C=O) groups is 1. The zero-order chi connectivity index (χ0) is 16.9. The van der Waals surface area contributed by atoms with Crippen molar-refractivity contribution < 1.29 is 4.79 Å². The lowest BCUT2D eigenvalue weighted by atomic mass is 10.3. The minimum Gasteiger partial charge on any atom is -0.266 e. The van der Waals surface area contributed by atoms with E-state index in [-0.39, 0.29) is 5.69 Å². The first-order chi connectivity index (χ1) is 11.7. The highest BCUT2D eigenvalue weighted by atomic mass is 35.5. The van der Waals surface area contributed by atoms with Crippen molar-refractivity contribution in [1.82, 2.24) is 20.2 Å². The lowest BCUT2D eigenvalue weighted by Crippen LogP contribution is -2.18. The molecule has 0 spiro atoms.